The first-order valence-corrected chi connectivity index (χ1v) is 7.19. The van der Waals surface area contributed by atoms with Crippen molar-refractivity contribution < 1.29 is 4.39 Å². The van der Waals surface area contributed by atoms with Gasteiger partial charge in [-0.1, -0.05) is 13.0 Å². The van der Waals surface area contributed by atoms with Crippen LogP contribution in [0.5, 0.6) is 0 Å². The fourth-order valence-electron chi connectivity index (χ4n) is 1.64. The lowest BCUT2D eigenvalue weighted by Gasteiger charge is -2.11. The van der Waals surface area contributed by atoms with Gasteiger partial charge in [-0.2, -0.15) is 4.98 Å². The minimum atomic E-state index is -0.316. The molecule has 0 unspecified atom stereocenters. The van der Waals surface area contributed by atoms with Gasteiger partial charge in [-0.15, -0.1) is 0 Å². The Kier molecular flexibility index (Phi) is 4.89. The molecule has 2 N–H and O–H groups in total. The SMILES string of the molecule is CCCNc1ncc(Br)c(Nc2cc(C)ccc2F)n1. The Morgan fingerprint density at radius 2 is 2.15 bits per heavy atom. The third kappa shape index (κ3) is 3.66. The highest BCUT2D eigenvalue weighted by Crippen LogP contribution is 2.26. The minimum absolute atomic E-state index is 0.316. The highest BCUT2D eigenvalue weighted by atomic mass is 79.9. The summed E-state index contributed by atoms with van der Waals surface area (Å²) in [6, 6.07) is 4.90. The van der Waals surface area contributed by atoms with Crippen molar-refractivity contribution in [3.05, 3.63) is 40.2 Å². The van der Waals surface area contributed by atoms with Crippen LogP contribution in [-0.2, 0) is 0 Å². The molecule has 0 saturated heterocycles. The highest BCUT2D eigenvalue weighted by molar-refractivity contribution is 9.10. The van der Waals surface area contributed by atoms with E-state index in [0.717, 1.165) is 18.5 Å². The first-order valence-electron chi connectivity index (χ1n) is 6.39. The van der Waals surface area contributed by atoms with E-state index in [1.54, 1.807) is 18.3 Å². The van der Waals surface area contributed by atoms with Crippen LogP contribution in [0.25, 0.3) is 0 Å². The second-order valence-electron chi connectivity index (χ2n) is 4.43. The molecular weight excluding hydrogens is 323 g/mol. The zero-order chi connectivity index (χ0) is 14.5. The first kappa shape index (κ1) is 14.7. The second-order valence-corrected chi connectivity index (χ2v) is 5.28. The fraction of sp³-hybridized carbons (Fsp3) is 0.286. The average molecular weight is 339 g/mol. The monoisotopic (exact) mass is 338 g/mol. The number of anilines is 3. The lowest BCUT2D eigenvalue weighted by atomic mass is 10.2. The number of benzene rings is 1. The van der Waals surface area contributed by atoms with Crippen molar-refractivity contribution in [2.45, 2.75) is 20.3 Å². The molecule has 6 heteroatoms. The molecule has 0 saturated carbocycles. The van der Waals surface area contributed by atoms with E-state index in [0.29, 0.717) is 21.9 Å². The van der Waals surface area contributed by atoms with Crippen molar-refractivity contribution in [2.24, 2.45) is 0 Å². The zero-order valence-corrected chi connectivity index (χ0v) is 13.0. The summed E-state index contributed by atoms with van der Waals surface area (Å²) in [4.78, 5) is 8.48. The summed E-state index contributed by atoms with van der Waals surface area (Å²) < 4.78 is 14.4. The van der Waals surface area contributed by atoms with Gasteiger partial charge in [-0.25, -0.2) is 9.37 Å². The molecule has 106 valence electrons. The van der Waals surface area contributed by atoms with Gasteiger partial charge in [0, 0.05) is 12.7 Å². The van der Waals surface area contributed by atoms with Crippen LogP contribution >= 0.6 is 15.9 Å². The molecular formula is C14H16BrFN4. The van der Waals surface area contributed by atoms with E-state index in [9.17, 15) is 4.39 Å². The third-order valence-electron chi connectivity index (χ3n) is 2.65. The number of nitrogens with zero attached hydrogens (tertiary/aromatic N) is 2. The Morgan fingerprint density at radius 1 is 1.35 bits per heavy atom. The van der Waals surface area contributed by atoms with Crippen molar-refractivity contribution in [1.82, 2.24) is 9.97 Å². The molecule has 2 aromatic rings. The molecule has 0 aliphatic carbocycles. The molecule has 0 aliphatic rings. The van der Waals surface area contributed by atoms with Gasteiger partial charge in [-0.3, -0.25) is 0 Å². The van der Waals surface area contributed by atoms with Crippen LogP contribution < -0.4 is 10.6 Å². The Labute approximate surface area is 126 Å². The van der Waals surface area contributed by atoms with Crippen LogP contribution in [0.2, 0.25) is 0 Å². The summed E-state index contributed by atoms with van der Waals surface area (Å²) >= 11 is 3.36. The summed E-state index contributed by atoms with van der Waals surface area (Å²) in [6.45, 7) is 4.76. The highest BCUT2D eigenvalue weighted by Gasteiger charge is 2.08. The maximum Gasteiger partial charge on any atom is 0.224 e. The van der Waals surface area contributed by atoms with Crippen LogP contribution in [0.1, 0.15) is 18.9 Å². The van der Waals surface area contributed by atoms with E-state index in [1.165, 1.54) is 6.07 Å². The number of halogens is 2. The molecule has 0 aliphatic heterocycles. The van der Waals surface area contributed by atoms with Crippen LogP contribution in [0.4, 0.5) is 21.8 Å². The fourth-order valence-corrected chi connectivity index (χ4v) is 1.93. The molecule has 0 spiro atoms. The van der Waals surface area contributed by atoms with Crippen molar-refractivity contribution in [1.29, 1.82) is 0 Å². The Balaban J connectivity index is 2.25. The van der Waals surface area contributed by atoms with Gasteiger partial charge < -0.3 is 10.6 Å². The predicted octanol–water partition coefficient (Wildman–Crippen LogP) is 4.25. The van der Waals surface area contributed by atoms with Gasteiger partial charge in [0.2, 0.25) is 5.95 Å². The van der Waals surface area contributed by atoms with Gasteiger partial charge >= 0.3 is 0 Å². The standard InChI is InChI=1S/C14H16BrFN4/c1-3-6-17-14-18-8-10(15)13(20-14)19-12-7-9(2)4-5-11(12)16/h4-5,7-8H,3,6H2,1-2H3,(H2,17,18,19,20). The number of aromatic nitrogens is 2. The van der Waals surface area contributed by atoms with E-state index in [4.69, 9.17) is 0 Å². The number of hydrogen-bond acceptors (Lipinski definition) is 4. The molecule has 2 rings (SSSR count). The predicted molar refractivity (Wildman–Crippen MR) is 82.9 cm³/mol. The van der Waals surface area contributed by atoms with Gasteiger partial charge in [0.1, 0.15) is 11.6 Å². The zero-order valence-electron chi connectivity index (χ0n) is 11.4. The van der Waals surface area contributed by atoms with Crippen LogP contribution in [0.15, 0.2) is 28.9 Å². The lowest BCUT2D eigenvalue weighted by molar-refractivity contribution is 0.631. The quantitative estimate of drug-likeness (QED) is 0.855. The normalized spacial score (nSPS) is 10.4. The van der Waals surface area contributed by atoms with Crippen molar-refractivity contribution in [3.63, 3.8) is 0 Å². The maximum absolute atomic E-state index is 13.8. The van der Waals surface area contributed by atoms with E-state index in [2.05, 4.69) is 43.5 Å². The number of nitrogens with one attached hydrogen (secondary N) is 2. The molecule has 20 heavy (non-hydrogen) atoms. The van der Waals surface area contributed by atoms with Gasteiger partial charge in [0.05, 0.1) is 10.2 Å². The summed E-state index contributed by atoms with van der Waals surface area (Å²) in [5, 5.41) is 6.08. The average Bonchev–Trinajstić information content (AvgIpc) is 2.43. The Bertz CT molecular complexity index is 604. The summed E-state index contributed by atoms with van der Waals surface area (Å²) in [5.41, 5.74) is 1.37. The number of rotatable bonds is 5. The van der Waals surface area contributed by atoms with Crippen molar-refractivity contribution >= 4 is 33.4 Å². The van der Waals surface area contributed by atoms with Crippen LogP contribution in [-0.4, -0.2) is 16.5 Å². The van der Waals surface area contributed by atoms with Crippen LogP contribution in [0.3, 0.4) is 0 Å². The maximum atomic E-state index is 13.8. The molecule has 0 atom stereocenters. The molecule has 0 amide bonds. The number of aryl methyl sites for hydroxylation is 1. The molecule has 0 radical (unpaired) electrons. The Hall–Kier alpha value is -1.69. The van der Waals surface area contributed by atoms with Gasteiger partial charge in [-0.05, 0) is 47.0 Å². The lowest BCUT2D eigenvalue weighted by Crippen LogP contribution is -2.06. The second kappa shape index (κ2) is 6.65. The summed E-state index contributed by atoms with van der Waals surface area (Å²) in [6.07, 6.45) is 2.62. The molecule has 0 bridgehead atoms. The van der Waals surface area contributed by atoms with E-state index >= 15 is 0 Å². The molecule has 1 aromatic heterocycles. The van der Waals surface area contributed by atoms with E-state index in [-0.39, 0.29) is 5.82 Å². The number of hydrogen-bond donors (Lipinski definition) is 2. The van der Waals surface area contributed by atoms with Crippen LogP contribution in [0, 0.1) is 12.7 Å². The Morgan fingerprint density at radius 3 is 2.90 bits per heavy atom. The minimum Gasteiger partial charge on any atom is -0.354 e. The van der Waals surface area contributed by atoms with E-state index < -0.39 is 0 Å². The molecule has 1 aromatic carbocycles. The third-order valence-corrected chi connectivity index (χ3v) is 3.23. The van der Waals surface area contributed by atoms with Gasteiger partial charge in [0.15, 0.2) is 0 Å². The summed E-state index contributed by atoms with van der Waals surface area (Å²) in [5.74, 6) is 0.734. The molecule has 4 nitrogen and oxygen atoms in total. The topological polar surface area (TPSA) is 49.8 Å². The largest absolute Gasteiger partial charge is 0.354 e. The molecule has 1 heterocycles. The molecule has 0 fully saturated rings. The van der Waals surface area contributed by atoms with E-state index in [1.807, 2.05) is 6.92 Å². The first-order chi connectivity index (χ1) is 9.60. The smallest absolute Gasteiger partial charge is 0.224 e. The van der Waals surface area contributed by atoms with Crippen molar-refractivity contribution in [2.75, 3.05) is 17.2 Å². The van der Waals surface area contributed by atoms with Crippen molar-refractivity contribution in [3.8, 4) is 0 Å². The summed E-state index contributed by atoms with van der Waals surface area (Å²) in [7, 11) is 0. The van der Waals surface area contributed by atoms with Gasteiger partial charge in [0.25, 0.3) is 0 Å².